The summed E-state index contributed by atoms with van der Waals surface area (Å²) in [6, 6.07) is 16.4. The molecule has 2 aromatic carbocycles. The molecule has 0 spiro atoms. The van der Waals surface area contributed by atoms with Crippen molar-refractivity contribution in [3.05, 3.63) is 76.9 Å². The number of hydrazine groups is 1. The van der Waals surface area contributed by atoms with E-state index in [1.165, 1.54) is 35.6 Å². The van der Waals surface area contributed by atoms with Gasteiger partial charge in [-0.2, -0.15) is 0 Å². The van der Waals surface area contributed by atoms with E-state index in [-0.39, 0.29) is 5.56 Å². The lowest BCUT2D eigenvalue weighted by molar-refractivity contribution is 0.0849. The first-order valence-corrected chi connectivity index (χ1v) is 9.55. The summed E-state index contributed by atoms with van der Waals surface area (Å²) in [5.74, 6) is -1.38. The zero-order chi connectivity index (χ0) is 18.8. The molecule has 0 radical (unpaired) electrons. The number of benzene rings is 2. The van der Waals surface area contributed by atoms with Gasteiger partial charge in [-0.05, 0) is 48.5 Å². The molecule has 2 aromatic heterocycles. The summed E-state index contributed by atoms with van der Waals surface area (Å²) in [5.41, 5.74) is 5.85. The minimum Gasteiger partial charge on any atom is -0.267 e. The average Bonchev–Trinajstić information content (AvgIpc) is 3.33. The van der Waals surface area contributed by atoms with Crippen molar-refractivity contribution in [1.29, 1.82) is 0 Å². The standard InChI is InChI=1S/C19H12FN3O2S2/c20-12-7-5-11(6-8-12)17(24)22-23-18(25)15-9-10-16(26-15)19-21-13-3-1-2-4-14(13)27-19/h1-10H,(H,22,24)(H,23,25). The number of nitrogens with one attached hydrogen (secondary N) is 2. The maximum Gasteiger partial charge on any atom is 0.279 e. The van der Waals surface area contributed by atoms with Crippen LogP contribution in [0.25, 0.3) is 20.1 Å². The summed E-state index contributed by atoms with van der Waals surface area (Å²) in [5, 5.41) is 0.843. The maximum atomic E-state index is 12.9. The molecule has 0 aliphatic carbocycles. The molecule has 0 unspecified atom stereocenters. The molecule has 5 nitrogen and oxygen atoms in total. The van der Waals surface area contributed by atoms with Crippen molar-refractivity contribution in [2.24, 2.45) is 0 Å². The number of aromatic nitrogens is 1. The highest BCUT2D eigenvalue weighted by molar-refractivity contribution is 7.26. The number of nitrogens with zero attached hydrogens (tertiary/aromatic N) is 1. The lowest BCUT2D eigenvalue weighted by Gasteiger charge is -2.06. The zero-order valence-electron chi connectivity index (χ0n) is 13.7. The zero-order valence-corrected chi connectivity index (χ0v) is 15.4. The molecule has 4 rings (SSSR count). The summed E-state index contributed by atoms with van der Waals surface area (Å²) < 4.78 is 14.0. The first kappa shape index (κ1) is 17.3. The van der Waals surface area contributed by atoms with Gasteiger partial charge in [-0.25, -0.2) is 9.37 Å². The Morgan fingerprint density at radius 1 is 0.852 bits per heavy atom. The van der Waals surface area contributed by atoms with E-state index in [0.717, 1.165) is 20.1 Å². The quantitative estimate of drug-likeness (QED) is 0.508. The van der Waals surface area contributed by atoms with Gasteiger partial charge in [-0.1, -0.05) is 12.1 Å². The van der Waals surface area contributed by atoms with E-state index < -0.39 is 17.6 Å². The Balaban J connectivity index is 1.44. The van der Waals surface area contributed by atoms with E-state index in [9.17, 15) is 14.0 Å². The molecule has 0 fully saturated rings. The van der Waals surface area contributed by atoms with Gasteiger partial charge in [0.05, 0.1) is 20.0 Å². The normalized spacial score (nSPS) is 10.7. The summed E-state index contributed by atoms with van der Waals surface area (Å²) in [4.78, 5) is 30.1. The van der Waals surface area contributed by atoms with Crippen molar-refractivity contribution in [1.82, 2.24) is 15.8 Å². The molecule has 134 valence electrons. The van der Waals surface area contributed by atoms with Crippen LogP contribution in [-0.2, 0) is 0 Å². The van der Waals surface area contributed by atoms with Crippen molar-refractivity contribution in [3.8, 4) is 9.88 Å². The second-order valence-corrected chi connectivity index (χ2v) is 7.68. The number of para-hydroxylation sites is 1. The molecule has 8 heteroatoms. The molecule has 0 atom stereocenters. The van der Waals surface area contributed by atoms with Crippen molar-refractivity contribution in [2.45, 2.75) is 0 Å². The highest BCUT2D eigenvalue weighted by atomic mass is 32.1. The third-order valence-corrected chi connectivity index (χ3v) is 6.02. The fraction of sp³-hybridized carbons (Fsp3) is 0. The number of carbonyl (C=O) groups is 2. The lowest BCUT2D eigenvalue weighted by atomic mass is 10.2. The third-order valence-electron chi connectivity index (χ3n) is 3.73. The Morgan fingerprint density at radius 2 is 1.59 bits per heavy atom. The monoisotopic (exact) mass is 397 g/mol. The highest BCUT2D eigenvalue weighted by Gasteiger charge is 2.14. The average molecular weight is 397 g/mol. The lowest BCUT2D eigenvalue weighted by Crippen LogP contribution is -2.41. The van der Waals surface area contributed by atoms with Gasteiger partial charge in [0.1, 0.15) is 10.8 Å². The van der Waals surface area contributed by atoms with Gasteiger partial charge in [0.25, 0.3) is 11.8 Å². The predicted octanol–water partition coefficient (Wildman–Crippen LogP) is 4.24. The van der Waals surface area contributed by atoms with Crippen LogP contribution in [0.15, 0.2) is 60.7 Å². The molecule has 0 saturated carbocycles. The summed E-state index contributed by atoms with van der Waals surface area (Å²) in [7, 11) is 0. The second kappa shape index (κ2) is 7.26. The molecular formula is C19H12FN3O2S2. The smallest absolute Gasteiger partial charge is 0.267 e. The van der Waals surface area contributed by atoms with Crippen LogP contribution in [0.5, 0.6) is 0 Å². The molecule has 2 amide bonds. The van der Waals surface area contributed by atoms with Crippen LogP contribution in [0.3, 0.4) is 0 Å². The van der Waals surface area contributed by atoms with Crippen LogP contribution in [-0.4, -0.2) is 16.8 Å². The number of fused-ring (bicyclic) bond motifs is 1. The summed E-state index contributed by atoms with van der Waals surface area (Å²) in [6.07, 6.45) is 0. The topological polar surface area (TPSA) is 71.1 Å². The number of carbonyl (C=O) groups excluding carboxylic acids is 2. The number of thiophene rings is 1. The molecular weight excluding hydrogens is 385 g/mol. The Hall–Kier alpha value is -3.10. The number of thiazole rings is 1. The first-order valence-electron chi connectivity index (χ1n) is 7.92. The number of halogens is 1. The van der Waals surface area contributed by atoms with Crippen LogP contribution < -0.4 is 10.9 Å². The molecule has 2 N–H and O–H groups in total. The number of hydrogen-bond acceptors (Lipinski definition) is 5. The first-order chi connectivity index (χ1) is 13.1. The van der Waals surface area contributed by atoms with E-state index in [0.29, 0.717) is 4.88 Å². The Bertz CT molecular complexity index is 1100. The number of amides is 2. The third kappa shape index (κ3) is 3.71. The van der Waals surface area contributed by atoms with Gasteiger partial charge < -0.3 is 0 Å². The molecule has 0 aliphatic heterocycles. The van der Waals surface area contributed by atoms with Gasteiger partial charge in [-0.3, -0.25) is 20.4 Å². The van der Waals surface area contributed by atoms with Gasteiger partial charge in [0.2, 0.25) is 0 Å². The molecule has 27 heavy (non-hydrogen) atoms. The van der Waals surface area contributed by atoms with Crippen LogP contribution in [0.1, 0.15) is 20.0 Å². The molecule has 0 bridgehead atoms. The van der Waals surface area contributed by atoms with Crippen molar-refractivity contribution in [3.63, 3.8) is 0 Å². The predicted molar refractivity (Wildman–Crippen MR) is 104 cm³/mol. The van der Waals surface area contributed by atoms with Crippen molar-refractivity contribution < 1.29 is 14.0 Å². The second-order valence-electron chi connectivity index (χ2n) is 5.57. The van der Waals surface area contributed by atoms with Gasteiger partial charge in [0.15, 0.2) is 0 Å². The minimum atomic E-state index is -0.522. The van der Waals surface area contributed by atoms with Crippen molar-refractivity contribution >= 4 is 44.7 Å². The van der Waals surface area contributed by atoms with Gasteiger partial charge >= 0.3 is 0 Å². The fourth-order valence-corrected chi connectivity index (χ4v) is 4.32. The summed E-state index contributed by atoms with van der Waals surface area (Å²) >= 11 is 2.85. The number of rotatable bonds is 3. The van der Waals surface area contributed by atoms with Crippen molar-refractivity contribution in [2.75, 3.05) is 0 Å². The van der Waals surface area contributed by atoms with E-state index >= 15 is 0 Å². The molecule has 4 aromatic rings. The van der Waals surface area contributed by atoms with E-state index in [2.05, 4.69) is 15.8 Å². The molecule has 2 heterocycles. The van der Waals surface area contributed by atoms with Crippen LogP contribution in [0, 0.1) is 5.82 Å². The Kier molecular flexibility index (Phi) is 4.66. The minimum absolute atomic E-state index is 0.248. The van der Waals surface area contributed by atoms with E-state index in [1.54, 1.807) is 17.4 Å². The largest absolute Gasteiger partial charge is 0.279 e. The SMILES string of the molecule is O=C(NNC(=O)c1ccc(-c2nc3ccccc3s2)s1)c1ccc(F)cc1. The van der Waals surface area contributed by atoms with Gasteiger partial charge in [0, 0.05) is 5.56 Å². The van der Waals surface area contributed by atoms with Crippen LogP contribution in [0.2, 0.25) is 0 Å². The Morgan fingerprint density at radius 3 is 2.37 bits per heavy atom. The number of hydrogen-bond donors (Lipinski definition) is 2. The van der Waals surface area contributed by atoms with Crippen LogP contribution >= 0.6 is 22.7 Å². The Labute approximate surface area is 161 Å². The fourth-order valence-electron chi connectivity index (χ4n) is 2.40. The highest BCUT2D eigenvalue weighted by Crippen LogP contribution is 2.34. The van der Waals surface area contributed by atoms with E-state index in [1.807, 2.05) is 30.3 Å². The summed E-state index contributed by atoms with van der Waals surface area (Å²) in [6.45, 7) is 0. The maximum absolute atomic E-state index is 12.9. The van der Waals surface area contributed by atoms with Gasteiger partial charge in [-0.15, -0.1) is 22.7 Å². The van der Waals surface area contributed by atoms with Crippen LogP contribution in [0.4, 0.5) is 4.39 Å². The van der Waals surface area contributed by atoms with E-state index in [4.69, 9.17) is 0 Å². The molecule has 0 aliphatic rings. The molecule has 0 saturated heterocycles.